The third-order valence-corrected chi connectivity index (χ3v) is 5.99. The van der Waals surface area contributed by atoms with Crippen LogP contribution in [0.4, 0.5) is 0 Å². The molecule has 2 aliphatic carbocycles. The van der Waals surface area contributed by atoms with Crippen molar-refractivity contribution in [2.75, 3.05) is 6.61 Å². The molecule has 1 aromatic carbocycles. The molecule has 0 radical (unpaired) electrons. The second-order valence-electron chi connectivity index (χ2n) is 6.68. The molecule has 0 N–H and O–H groups in total. The highest BCUT2D eigenvalue weighted by Gasteiger charge is 2.51. The van der Waals surface area contributed by atoms with Crippen LogP contribution in [0.25, 0.3) is 0 Å². The second kappa shape index (κ2) is 4.49. The number of ether oxygens (including phenoxy) is 1. The molecule has 2 bridgehead atoms. The van der Waals surface area contributed by atoms with Gasteiger partial charge in [0.2, 0.25) is 0 Å². The number of rotatable bonds is 2. The number of nitrogens with zero attached hydrogens (tertiary/aromatic N) is 1. The van der Waals surface area contributed by atoms with E-state index in [0.717, 1.165) is 42.0 Å². The zero-order valence-electron chi connectivity index (χ0n) is 11.5. The Labute approximate surface area is 128 Å². The van der Waals surface area contributed by atoms with Crippen molar-refractivity contribution in [2.45, 2.75) is 38.5 Å². The Morgan fingerprint density at radius 2 is 2.30 bits per heavy atom. The largest absolute Gasteiger partial charge is 0.493 e. The Kier molecular flexibility index (Phi) is 2.86. The minimum Gasteiger partial charge on any atom is -0.493 e. The first-order valence-electron chi connectivity index (χ1n) is 7.55. The topological polar surface area (TPSA) is 33.0 Å². The number of hydrogen-bond acceptors (Lipinski definition) is 2. The molecular formula is C17H18BrNO. The molecule has 2 nitrogen and oxygen atoms in total. The van der Waals surface area contributed by atoms with Gasteiger partial charge in [-0.3, -0.25) is 0 Å². The molecule has 4 rings (SSSR count). The quantitative estimate of drug-likeness (QED) is 0.811. The molecule has 2 fully saturated rings. The molecule has 3 unspecified atom stereocenters. The van der Waals surface area contributed by atoms with E-state index in [-0.39, 0.29) is 5.41 Å². The summed E-state index contributed by atoms with van der Waals surface area (Å²) in [7, 11) is 0. The number of fused-ring (bicyclic) bond motifs is 3. The summed E-state index contributed by atoms with van der Waals surface area (Å²) in [6.45, 7) is 0.782. The lowest BCUT2D eigenvalue weighted by Gasteiger charge is -2.31. The fourth-order valence-electron chi connectivity index (χ4n) is 4.65. The van der Waals surface area contributed by atoms with Crippen LogP contribution < -0.4 is 4.74 Å². The third-order valence-electron chi connectivity index (χ3n) is 5.53. The maximum Gasteiger partial charge on any atom is 0.125 e. The smallest absolute Gasteiger partial charge is 0.125 e. The van der Waals surface area contributed by atoms with E-state index in [4.69, 9.17) is 4.74 Å². The average Bonchev–Trinajstić information content (AvgIpc) is 3.12. The summed E-state index contributed by atoms with van der Waals surface area (Å²) in [5.74, 6) is 2.46. The van der Waals surface area contributed by atoms with Gasteiger partial charge in [0, 0.05) is 10.9 Å². The van der Waals surface area contributed by atoms with Gasteiger partial charge in [-0.1, -0.05) is 22.4 Å². The van der Waals surface area contributed by atoms with Crippen molar-refractivity contribution in [1.29, 1.82) is 5.26 Å². The summed E-state index contributed by atoms with van der Waals surface area (Å²) < 4.78 is 6.95. The van der Waals surface area contributed by atoms with Crippen molar-refractivity contribution in [2.24, 2.45) is 17.3 Å². The molecule has 0 saturated heterocycles. The highest BCUT2D eigenvalue weighted by molar-refractivity contribution is 9.10. The molecule has 104 valence electrons. The summed E-state index contributed by atoms with van der Waals surface area (Å²) in [4.78, 5) is 0. The van der Waals surface area contributed by atoms with Gasteiger partial charge in [-0.15, -0.1) is 0 Å². The first-order chi connectivity index (χ1) is 9.70. The first-order valence-corrected chi connectivity index (χ1v) is 8.35. The van der Waals surface area contributed by atoms with E-state index >= 15 is 0 Å². The van der Waals surface area contributed by atoms with Crippen molar-refractivity contribution in [3.63, 3.8) is 0 Å². The number of benzene rings is 1. The second-order valence-corrected chi connectivity index (χ2v) is 7.59. The van der Waals surface area contributed by atoms with Gasteiger partial charge < -0.3 is 4.74 Å². The molecule has 1 aromatic rings. The summed E-state index contributed by atoms with van der Waals surface area (Å²) >= 11 is 3.61. The van der Waals surface area contributed by atoms with Crippen LogP contribution in [-0.4, -0.2) is 6.61 Å². The molecule has 20 heavy (non-hydrogen) atoms. The molecule has 2 saturated carbocycles. The average molecular weight is 332 g/mol. The molecule has 3 heteroatoms. The summed E-state index contributed by atoms with van der Waals surface area (Å²) in [5.41, 5.74) is 2.40. The molecule has 0 spiro atoms. The van der Waals surface area contributed by atoms with Gasteiger partial charge in [0.05, 0.1) is 18.1 Å². The van der Waals surface area contributed by atoms with E-state index in [9.17, 15) is 5.26 Å². The van der Waals surface area contributed by atoms with E-state index in [2.05, 4.69) is 34.1 Å². The predicted molar refractivity (Wildman–Crippen MR) is 80.5 cm³/mol. The fraction of sp³-hybridized carbons (Fsp3) is 0.588. The van der Waals surface area contributed by atoms with Gasteiger partial charge in [0.1, 0.15) is 5.75 Å². The van der Waals surface area contributed by atoms with Gasteiger partial charge in [-0.05, 0) is 60.8 Å². The normalized spacial score (nSPS) is 33.8. The summed E-state index contributed by atoms with van der Waals surface area (Å²) in [6.07, 6.45) is 6.80. The van der Waals surface area contributed by atoms with Crippen LogP contribution >= 0.6 is 15.9 Å². The van der Waals surface area contributed by atoms with Crippen molar-refractivity contribution < 1.29 is 4.74 Å². The lowest BCUT2D eigenvalue weighted by atomic mass is 9.70. The molecule has 0 amide bonds. The molecule has 3 atom stereocenters. The van der Waals surface area contributed by atoms with Gasteiger partial charge in [-0.25, -0.2) is 0 Å². The van der Waals surface area contributed by atoms with E-state index in [0.29, 0.717) is 5.92 Å². The number of nitriles is 1. The standard InChI is InChI=1S/C17H18BrNO/c18-15-6-12-3-4-20-16(12)13(7-15)9-17(10-19)8-11-1-2-14(17)5-11/h6-7,11,14H,1-5,8-9H2. The monoisotopic (exact) mass is 331 g/mol. The minimum atomic E-state index is -0.135. The Balaban J connectivity index is 1.71. The zero-order chi connectivity index (χ0) is 13.7. The van der Waals surface area contributed by atoms with Crippen molar-refractivity contribution in [3.05, 3.63) is 27.7 Å². The molecule has 3 aliphatic rings. The van der Waals surface area contributed by atoms with Crippen LogP contribution in [0.2, 0.25) is 0 Å². The molecule has 0 aromatic heterocycles. The lowest BCUT2D eigenvalue weighted by molar-refractivity contribution is 0.236. The maximum atomic E-state index is 9.82. The molecule has 1 aliphatic heterocycles. The van der Waals surface area contributed by atoms with Crippen LogP contribution in [0.5, 0.6) is 5.75 Å². The van der Waals surface area contributed by atoms with Crippen molar-refractivity contribution in [1.82, 2.24) is 0 Å². The van der Waals surface area contributed by atoms with E-state index < -0.39 is 0 Å². The number of hydrogen-bond donors (Lipinski definition) is 0. The summed E-state index contributed by atoms with van der Waals surface area (Å²) in [6, 6.07) is 7.02. The van der Waals surface area contributed by atoms with Crippen LogP contribution in [0.15, 0.2) is 16.6 Å². The minimum absolute atomic E-state index is 0.135. The van der Waals surface area contributed by atoms with Gasteiger partial charge in [-0.2, -0.15) is 5.26 Å². The molecule has 1 heterocycles. The SMILES string of the molecule is N#CC1(Cc2cc(Br)cc3c2OCC3)CC2CCC1C2. The van der Waals surface area contributed by atoms with Crippen LogP contribution in [0, 0.1) is 28.6 Å². The molecular weight excluding hydrogens is 314 g/mol. The Bertz CT molecular complexity index is 606. The van der Waals surface area contributed by atoms with Crippen LogP contribution in [-0.2, 0) is 12.8 Å². The van der Waals surface area contributed by atoms with E-state index in [1.807, 2.05) is 0 Å². The zero-order valence-corrected chi connectivity index (χ0v) is 13.1. The van der Waals surface area contributed by atoms with Gasteiger partial charge >= 0.3 is 0 Å². The Morgan fingerprint density at radius 3 is 3.00 bits per heavy atom. The summed E-state index contributed by atoms with van der Waals surface area (Å²) in [5, 5.41) is 9.82. The van der Waals surface area contributed by atoms with Crippen molar-refractivity contribution >= 4 is 15.9 Å². The van der Waals surface area contributed by atoms with E-state index in [1.165, 1.54) is 30.4 Å². The third kappa shape index (κ3) is 1.81. The van der Waals surface area contributed by atoms with Crippen LogP contribution in [0.3, 0.4) is 0 Å². The Hall–Kier alpha value is -1.01. The van der Waals surface area contributed by atoms with Crippen LogP contribution in [0.1, 0.15) is 36.8 Å². The fourth-order valence-corrected chi connectivity index (χ4v) is 5.21. The van der Waals surface area contributed by atoms with Crippen molar-refractivity contribution in [3.8, 4) is 11.8 Å². The van der Waals surface area contributed by atoms with Gasteiger partial charge in [0.15, 0.2) is 0 Å². The predicted octanol–water partition coefficient (Wildman–Crippen LogP) is 4.26. The van der Waals surface area contributed by atoms with E-state index in [1.54, 1.807) is 0 Å². The number of halogens is 1. The first kappa shape index (κ1) is 12.7. The lowest BCUT2D eigenvalue weighted by Crippen LogP contribution is -2.28. The maximum absolute atomic E-state index is 9.82. The van der Waals surface area contributed by atoms with Gasteiger partial charge in [0.25, 0.3) is 0 Å². The highest BCUT2D eigenvalue weighted by atomic mass is 79.9. The highest BCUT2D eigenvalue weighted by Crippen LogP contribution is 2.57. The Morgan fingerprint density at radius 1 is 1.40 bits per heavy atom.